The number of nitrogens with zero attached hydrogens (tertiary/aromatic N) is 2. The van der Waals surface area contributed by atoms with E-state index in [9.17, 15) is 23.6 Å². The predicted molar refractivity (Wildman–Crippen MR) is 120 cm³/mol. The van der Waals surface area contributed by atoms with E-state index < -0.39 is 47.7 Å². The van der Waals surface area contributed by atoms with Gasteiger partial charge < -0.3 is 0 Å². The van der Waals surface area contributed by atoms with E-state index in [0.29, 0.717) is 17.9 Å². The first kappa shape index (κ1) is 23.4. The molecule has 2 aromatic carbocycles. The molecule has 33 heavy (non-hydrogen) atoms. The average molecular weight is 491 g/mol. The maximum atomic E-state index is 13.5. The van der Waals surface area contributed by atoms with Crippen molar-refractivity contribution in [3.8, 4) is 0 Å². The number of halogens is 3. The highest BCUT2D eigenvalue weighted by Crippen LogP contribution is 2.41. The van der Waals surface area contributed by atoms with Crippen LogP contribution < -0.4 is 0 Å². The summed E-state index contributed by atoms with van der Waals surface area (Å²) in [5, 5.41) is 1.99. The van der Waals surface area contributed by atoms with Crippen LogP contribution in [0.2, 0.25) is 10.0 Å². The Morgan fingerprint density at radius 3 is 2.36 bits per heavy atom. The van der Waals surface area contributed by atoms with Crippen LogP contribution >= 0.6 is 23.2 Å². The number of ketones is 1. The molecule has 1 saturated carbocycles. The third-order valence-electron chi connectivity index (χ3n) is 6.26. The summed E-state index contributed by atoms with van der Waals surface area (Å²) in [5.74, 6) is -3.63. The Morgan fingerprint density at radius 2 is 1.70 bits per heavy atom. The molecule has 0 bridgehead atoms. The van der Waals surface area contributed by atoms with Gasteiger partial charge in [0.15, 0.2) is 5.78 Å². The highest BCUT2D eigenvalue weighted by molar-refractivity contribution is 6.36. The van der Waals surface area contributed by atoms with Crippen LogP contribution in [0.5, 0.6) is 0 Å². The second kappa shape index (κ2) is 9.23. The molecule has 0 spiro atoms. The molecule has 1 aliphatic heterocycles. The maximum absolute atomic E-state index is 13.5. The number of hydrazine groups is 1. The third-order valence-corrected chi connectivity index (χ3v) is 6.81. The Bertz CT molecular complexity index is 1140. The summed E-state index contributed by atoms with van der Waals surface area (Å²) < 4.78 is 13.3. The standard InChI is InChI=1S/C24H21Cl2FN2O4/c1-13-2-8-17-19(10-13)24(33)29(23(17)32)28(12-21(30)14-3-6-16(27)7-4-14)22(31)18-9-5-15(25)11-20(18)26/h3-7,9,11,13,17,19H,2,8,10,12H2,1H3/t13-,17-,19+/m1/s1. The van der Waals surface area contributed by atoms with Gasteiger partial charge in [0.25, 0.3) is 17.7 Å². The fourth-order valence-electron chi connectivity index (χ4n) is 4.51. The van der Waals surface area contributed by atoms with E-state index in [2.05, 4.69) is 0 Å². The van der Waals surface area contributed by atoms with Gasteiger partial charge in [-0.05, 0) is 67.6 Å². The largest absolute Gasteiger partial charge is 0.292 e. The summed E-state index contributed by atoms with van der Waals surface area (Å²) in [4.78, 5) is 52.9. The Kier molecular flexibility index (Phi) is 6.54. The highest BCUT2D eigenvalue weighted by atomic mass is 35.5. The minimum absolute atomic E-state index is 0.00295. The number of amides is 3. The molecule has 6 nitrogen and oxygen atoms in total. The van der Waals surface area contributed by atoms with E-state index in [0.717, 1.165) is 28.6 Å². The van der Waals surface area contributed by atoms with Crippen molar-refractivity contribution >= 4 is 46.7 Å². The number of Topliss-reactive ketones (excluding diaryl/α,β-unsaturated/α-hetero) is 1. The van der Waals surface area contributed by atoms with Crippen LogP contribution in [0.4, 0.5) is 4.39 Å². The second-order valence-electron chi connectivity index (χ2n) is 8.54. The molecule has 4 rings (SSSR count). The molecule has 0 N–H and O–H groups in total. The third kappa shape index (κ3) is 4.52. The van der Waals surface area contributed by atoms with Crippen molar-refractivity contribution < 1.29 is 23.6 Å². The van der Waals surface area contributed by atoms with E-state index in [1.165, 1.54) is 30.3 Å². The molecule has 0 radical (unpaired) electrons. The van der Waals surface area contributed by atoms with Gasteiger partial charge in [-0.25, -0.2) is 9.40 Å². The van der Waals surface area contributed by atoms with Crippen molar-refractivity contribution in [2.75, 3.05) is 6.54 Å². The lowest BCUT2D eigenvalue weighted by atomic mass is 9.76. The lowest BCUT2D eigenvalue weighted by molar-refractivity contribution is -0.154. The number of carbonyl (C=O) groups excluding carboxylic acids is 4. The van der Waals surface area contributed by atoms with Crippen molar-refractivity contribution in [1.29, 1.82) is 0 Å². The van der Waals surface area contributed by atoms with Gasteiger partial charge in [0.1, 0.15) is 12.4 Å². The van der Waals surface area contributed by atoms with E-state index >= 15 is 0 Å². The van der Waals surface area contributed by atoms with Crippen LogP contribution in [-0.4, -0.2) is 40.1 Å². The Morgan fingerprint density at radius 1 is 1.03 bits per heavy atom. The second-order valence-corrected chi connectivity index (χ2v) is 9.38. The fraction of sp³-hybridized carbons (Fsp3) is 0.333. The van der Waals surface area contributed by atoms with Gasteiger partial charge in [-0.2, -0.15) is 5.01 Å². The summed E-state index contributed by atoms with van der Waals surface area (Å²) in [7, 11) is 0. The lowest BCUT2D eigenvalue weighted by Crippen LogP contribution is -2.52. The summed E-state index contributed by atoms with van der Waals surface area (Å²) in [6.07, 6.45) is 1.89. The Labute approximate surface area is 200 Å². The molecule has 172 valence electrons. The van der Waals surface area contributed by atoms with Crippen LogP contribution in [0.1, 0.15) is 46.9 Å². The molecule has 3 amide bonds. The SMILES string of the molecule is C[C@@H]1CC[C@H]2C(=O)N(N(CC(=O)c3ccc(F)cc3)C(=O)c3ccc(Cl)cc3Cl)C(=O)[C@H]2C1. The van der Waals surface area contributed by atoms with Gasteiger partial charge >= 0.3 is 0 Å². The van der Waals surface area contributed by atoms with Gasteiger partial charge in [-0.3, -0.25) is 19.2 Å². The number of carbonyl (C=O) groups is 4. The minimum Gasteiger partial charge on any atom is -0.292 e. The molecule has 0 unspecified atom stereocenters. The zero-order chi connectivity index (χ0) is 23.9. The normalized spacial score (nSPS) is 22.3. The maximum Gasteiger partial charge on any atom is 0.274 e. The van der Waals surface area contributed by atoms with Crippen molar-refractivity contribution in [3.63, 3.8) is 0 Å². The number of benzene rings is 2. The van der Waals surface area contributed by atoms with Crippen LogP contribution in [0.25, 0.3) is 0 Å². The topological polar surface area (TPSA) is 74.8 Å². The molecule has 1 saturated heterocycles. The average Bonchev–Trinajstić information content (AvgIpc) is 3.01. The van der Waals surface area contributed by atoms with Crippen LogP contribution in [0, 0.1) is 23.6 Å². The summed E-state index contributed by atoms with van der Waals surface area (Å²) in [6, 6.07) is 9.01. The zero-order valence-electron chi connectivity index (χ0n) is 17.8. The first-order valence-corrected chi connectivity index (χ1v) is 11.4. The molecule has 2 fully saturated rings. The van der Waals surface area contributed by atoms with Crippen LogP contribution in [-0.2, 0) is 9.59 Å². The fourth-order valence-corrected chi connectivity index (χ4v) is 5.00. The number of hydrogen-bond acceptors (Lipinski definition) is 4. The van der Waals surface area contributed by atoms with Gasteiger partial charge in [-0.15, -0.1) is 0 Å². The first-order chi connectivity index (χ1) is 15.7. The van der Waals surface area contributed by atoms with Gasteiger partial charge in [0, 0.05) is 10.6 Å². The van der Waals surface area contributed by atoms with E-state index in [4.69, 9.17) is 23.2 Å². The molecular formula is C24H21Cl2FN2O4. The summed E-state index contributed by atoms with van der Waals surface area (Å²) >= 11 is 12.1. The smallest absolute Gasteiger partial charge is 0.274 e. The quantitative estimate of drug-likeness (QED) is 0.445. The molecule has 0 aromatic heterocycles. The molecule has 9 heteroatoms. The van der Waals surface area contributed by atoms with E-state index in [1.54, 1.807) is 0 Å². The molecule has 2 aromatic rings. The van der Waals surface area contributed by atoms with Gasteiger partial charge in [-0.1, -0.05) is 30.1 Å². The monoisotopic (exact) mass is 490 g/mol. The summed E-state index contributed by atoms with van der Waals surface area (Å²) in [5.41, 5.74) is 0.137. The first-order valence-electron chi connectivity index (χ1n) is 10.6. The number of rotatable bonds is 5. The predicted octanol–water partition coefficient (Wildman–Crippen LogP) is 4.79. The van der Waals surface area contributed by atoms with Crippen molar-refractivity contribution in [1.82, 2.24) is 10.0 Å². The summed E-state index contributed by atoms with van der Waals surface area (Å²) in [6.45, 7) is 1.43. The molecule has 3 atom stereocenters. The Balaban J connectivity index is 1.71. The van der Waals surface area contributed by atoms with Crippen LogP contribution in [0.3, 0.4) is 0 Å². The number of hydrogen-bond donors (Lipinski definition) is 0. The van der Waals surface area contributed by atoms with E-state index in [1.807, 2.05) is 6.92 Å². The molecule has 1 aliphatic carbocycles. The molecule has 2 aliphatic rings. The number of imide groups is 1. The van der Waals surface area contributed by atoms with Gasteiger partial charge in [0.05, 0.1) is 22.4 Å². The lowest BCUT2D eigenvalue weighted by Gasteiger charge is -2.30. The Hall–Kier alpha value is -2.77. The highest BCUT2D eigenvalue weighted by Gasteiger charge is 2.53. The molecule has 1 heterocycles. The van der Waals surface area contributed by atoms with E-state index in [-0.39, 0.29) is 22.1 Å². The van der Waals surface area contributed by atoms with Crippen LogP contribution in [0.15, 0.2) is 42.5 Å². The number of fused-ring (bicyclic) bond motifs is 1. The van der Waals surface area contributed by atoms with Crippen molar-refractivity contribution in [2.24, 2.45) is 17.8 Å². The van der Waals surface area contributed by atoms with Gasteiger partial charge in [0.2, 0.25) is 0 Å². The minimum atomic E-state index is -0.777. The zero-order valence-corrected chi connectivity index (χ0v) is 19.3. The van der Waals surface area contributed by atoms with Crippen molar-refractivity contribution in [2.45, 2.75) is 26.2 Å². The molecular weight excluding hydrogens is 470 g/mol. The van der Waals surface area contributed by atoms with Crippen molar-refractivity contribution in [3.05, 3.63) is 69.5 Å².